The average Bonchev–Trinajstić information content (AvgIpc) is 3.26. The van der Waals surface area contributed by atoms with Crippen molar-refractivity contribution in [3.05, 3.63) is 23.8 Å². The summed E-state index contributed by atoms with van der Waals surface area (Å²) in [6, 6.07) is 5.02. The highest BCUT2D eigenvalue weighted by Crippen LogP contribution is 2.33. The van der Waals surface area contributed by atoms with Gasteiger partial charge in [0.25, 0.3) is 5.91 Å². The van der Waals surface area contributed by atoms with E-state index in [1.807, 2.05) is 0 Å². The van der Waals surface area contributed by atoms with Gasteiger partial charge in [-0.3, -0.25) is 9.59 Å². The van der Waals surface area contributed by atoms with Crippen LogP contribution in [-0.4, -0.2) is 48.9 Å². The molecule has 1 aromatic rings. The Kier molecular flexibility index (Phi) is 5.66. The number of carbonyl (C=O) groups is 2. The Morgan fingerprint density at radius 1 is 1.31 bits per heavy atom. The van der Waals surface area contributed by atoms with Gasteiger partial charge in [0.2, 0.25) is 0 Å². The molecule has 0 spiro atoms. The second-order valence-electron chi connectivity index (χ2n) is 7.00. The van der Waals surface area contributed by atoms with Crippen LogP contribution in [0.5, 0.6) is 11.5 Å². The third kappa shape index (κ3) is 4.27. The van der Waals surface area contributed by atoms with Crippen LogP contribution in [0, 0.1) is 0 Å². The fourth-order valence-corrected chi connectivity index (χ4v) is 3.59. The number of benzene rings is 1. The largest absolute Gasteiger partial charge is 0.493 e. The van der Waals surface area contributed by atoms with E-state index in [4.69, 9.17) is 19.3 Å². The zero-order valence-corrected chi connectivity index (χ0v) is 15.0. The van der Waals surface area contributed by atoms with Crippen molar-refractivity contribution in [1.82, 2.24) is 5.32 Å². The Morgan fingerprint density at radius 2 is 2.08 bits per heavy atom. The van der Waals surface area contributed by atoms with Gasteiger partial charge in [0.05, 0.1) is 31.8 Å². The molecule has 2 aliphatic rings. The van der Waals surface area contributed by atoms with Crippen molar-refractivity contribution in [3.63, 3.8) is 0 Å². The van der Waals surface area contributed by atoms with Crippen LogP contribution in [0.2, 0.25) is 0 Å². The number of rotatable bonds is 7. The molecule has 2 fully saturated rings. The number of hydrogen-bond donors (Lipinski definition) is 2. The third-order valence-electron chi connectivity index (χ3n) is 4.99. The molecule has 1 aromatic carbocycles. The molecule has 142 valence electrons. The van der Waals surface area contributed by atoms with Crippen LogP contribution in [0.4, 0.5) is 0 Å². The number of carboxylic acids is 1. The smallest absolute Gasteiger partial charge is 0.305 e. The molecule has 26 heavy (non-hydrogen) atoms. The first kappa shape index (κ1) is 18.5. The van der Waals surface area contributed by atoms with E-state index in [0.717, 1.165) is 25.7 Å². The minimum Gasteiger partial charge on any atom is -0.493 e. The SMILES string of the molecule is COc1ccc(C(=O)NC2(CC(=O)O)CCOC2)cc1OC1CCCC1. The van der Waals surface area contributed by atoms with E-state index < -0.39 is 11.5 Å². The lowest BCUT2D eigenvalue weighted by Gasteiger charge is -2.27. The van der Waals surface area contributed by atoms with Crippen LogP contribution in [0.15, 0.2) is 18.2 Å². The fraction of sp³-hybridized carbons (Fsp3) is 0.579. The minimum absolute atomic E-state index is 0.142. The number of carboxylic acid groups (broad SMARTS) is 1. The summed E-state index contributed by atoms with van der Waals surface area (Å²) in [6.07, 6.45) is 4.74. The number of ether oxygens (including phenoxy) is 3. The monoisotopic (exact) mass is 363 g/mol. The van der Waals surface area contributed by atoms with Gasteiger partial charge in [-0.05, 0) is 50.3 Å². The third-order valence-corrected chi connectivity index (χ3v) is 4.99. The lowest BCUT2D eigenvalue weighted by atomic mass is 9.93. The van der Waals surface area contributed by atoms with Crippen molar-refractivity contribution < 1.29 is 28.9 Å². The van der Waals surface area contributed by atoms with E-state index in [2.05, 4.69) is 5.32 Å². The summed E-state index contributed by atoms with van der Waals surface area (Å²) in [5.74, 6) is -0.175. The maximum atomic E-state index is 12.7. The Labute approximate surface area is 152 Å². The van der Waals surface area contributed by atoms with E-state index in [1.54, 1.807) is 25.3 Å². The molecule has 0 bridgehead atoms. The van der Waals surface area contributed by atoms with Crippen molar-refractivity contribution in [2.75, 3.05) is 20.3 Å². The van der Waals surface area contributed by atoms with E-state index in [1.165, 1.54) is 0 Å². The van der Waals surface area contributed by atoms with E-state index >= 15 is 0 Å². The van der Waals surface area contributed by atoms with E-state index in [0.29, 0.717) is 30.1 Å². The second-order valence-corrected chi connectivity index (χ2v) is 7.00. The second kappa shape index (κ2) is 7.95. The molecule has 0 aromatic heterocycles. The fourth-order valence-electron chi connectivity index (χ4n) is 3.59. The summed E-state index contributed by atoms with van der Waals surface area (Å²) in [4.78, 5) is 23.9. The molecule has 1 aliphatic heterocycles. The normalized spacial score (nSPS) is 23.0. The number of hydrogen-bond acceptors (Lipinski definition) is 5. The number of methoxy groups -OCH3 is 1. The molecule has 1 unspecified atom stereocenters. The molecule has 2 N–H and O–H groups in total. The van der Waals surface area contributed by atoms with Gasteiger partial charge in [-0.2, -0.15) is 0 Å². The Morgan fingerprint density at radius 3 is 2.69 bits per heavy atom. The van der Waals surface area contributed by atoms with Crippen LogP contribution in [0.1, 0.15) is 48.9 Å². The molecule has 1 saturated heterocycles. The van der Waals surface area contributed by atoms with Crippen molar-refractivity contribution in [2.45, 2.75) is 50.2 Å². The molecule has 3 rings (SSSR count). The predicted molar refractivity (Wildman–Crippen MR) is 93.8 cm³/mol. The van der Waals surface area contributed by atoms with Crippen LogP contribution < -0.4 is 14.8 Å². The molecule has 7 heteroatoms. The zero-order chi connectivity index (χ0) is 18.6. The van der Waals surface area contributed by atoms with Crippen LogP contribution in [0.3, 0.4) is 0 Å². The van der Waals surface area contributed by atoms with Gasteiger partial charge in [0.1, 0.15) is 0 Å². The van der Waals surface area contributed by atoms with Crippen molar-refractivity contribution in [2.24, 2.45) is 0 Å². The molecule has 1 atom stereocenters. The predicted octanol–water partition coefficient (Wildman–Crippen LogP) is 2.38. The van der Waals surface area contributed by atoms with Crippen molar-refractivity contribution >= 4 is 11.9 Å². The van der Waals surface area contributed by atoms with E-state index in [9.17, 15) is 9.59 Å². The number of amides is 1. The molecule has 0 radical (unpaired) electrons. The highest BCUT2D eigenvalue weighted by Gasteiger charge is 2.39. The molecular formula is C19H25NO6. The van der Waals surface area contributed by atoms with Crippen molar-refractivity contribution in [3.8, 4) is 11.5 Å². The van der Waals surface area contributed by atoms with Crippen LogP contribution in [0.25, 0.3) is 0 Å². The summed E-state index contributed by atoms with van der Waals surface area (Å²) in [5.41, 5.74) is -0.453. The molecule has 1 saturated carbocycles. The van der Waals surface area contributed by atoms with Gasteiger partial charge in [0, 0.05) is 12.2 Å². The number of nitrogens with one attached hydrogen (secondary N) is 1. The first-order valence-corrected chi connectivity index (χ1v) is 8.98. The Bertz CT molecular complexity index is 662. The van der Waals surface area contributed by atoms with Gasteiger partial charge >= 0.3 is 5.97 Å². The average molecular weight is 363 g/mol. The molecule has 1 heterocycles. The van der Waals surface area contributed by atoms with Gasteiger partial charge < -0.3 is 24.6 Å². The van der Waals surface area contributed by atoms with Crippen molar-refractivity contribution in [1.29, 1.82) is 0 Å². The van der Waals surface area contributed by atoms with Crippen LogP contribution >= 0.6 is 0 Å². The zero-order valence-electron chi connectivity index (χ0n) is 15.0. The lowest BCUT2D eigenvalue weighted by Crippen LogP contribution is -2.50. The van der Waals surface area contributed by atoms with Crippen LogP contribution in [-0.2, 0) is 9.53 Å². The molecule has 1 aliphatic carbocycles. The first-order valence-electron chi connectivity index (χ1n) is 8.98. The van der Waals surface area contributed by atoms with Gasteiger partial charge in [-0.1, -0.05) is 0 Å². The summed E-state index contributed by atoms with van der Waals surface area (Å²) < 4.78 is 16.7. The van der Waals surface area contributed by atoms with Gasteiger partial charge in [-0.25, -0.2) is 0 Å². The first-order chi connectivity index (χ1) is 12.5. The lowest BCUT2D eigenvalue weighted by molar-refractivity contribution is -0.138. The summed E-state index contributed by atoms with van der Waals surface area (Å²) in [5, 5.41) is 12.0. The molecule has 1 amide bonds. The van der Waals surface area contributed by atoms with Gasteiger partial charge in [-0.15, -0.1) is 0 Å². The highest BCUT2D eigenvalue weighted by atomic mass is 16.5. The maximum Gasteiger partial charge on any atom is 0.305 e. The molecular weight excluding hydrogens is 338 g/mol. The Hall–Kier alpha value is -2.28. The summed E-state index contributed by atoms with van der Waals surface area (Å²) >= 11 is 0. The Balaban J connectivity index is 1.76. The minimum atomic E-state index is -0.962. The van der Waals surface area contributed by atoms with E-state index in [-0.39, 0.29) is 25.0 Å². The summed E-state index contributed by atoms with van der Waals surface area (Å²) in [6.45, 7) is 0.638. The quantitative estimate of drug-likeness (QED) is 0.772. The standard InChI is InChI=1S/C19H25NO6/c1-24-15-7-6-13(10-16(15)26-14-4-2-3-5-14)18(23)20-19(11-17(21)22)8-9-25-12-19/h6-7,10,14H,2-5,8-9,11-12H2,1H3,(H,20,23)(H,21,22). The number of carbonyl (C=O) groups excluding carboxylic acids is 1. The number of aliphatic carboxylic acids is 1. The van der Waals surface area contributed by atoms with Gasteiger partial charge in [0.15, 0.2) is 11.5 Å². The maximum absolute atomic E-state index is 12.7. The highest BCUT2D eigenvalue weighted by molar-refractivity contribution is 5.95. The molecule has 7 nitrogen and oxygen atoms in total. The summed E-state index contributed by atoms with van der Waals surface area (Å²) in [7, 11) is 1.56. The topological polar surface area (TPSA) is 94.1 Å².